The summed E-state index contributed by atoms with van der Waals surface area (Å²) in [4.78, 5) is 12.0. The smallest absolute Gasteiger partial charge is 0.225 e. The Bertz CT molecular complexity index is 811. The standard InChI is InChI=1S/C16H15N7/c17-15-20-14(21-16(18)22-15)12-8-4-5-9-13(12)23-19-10-11-6-2-1-3-7-11/h1-10,23H,(H4,17,18,20,21,22). The highest BCUT2D eigenvalue weighted by Crippen LogP contribution is 2.25. The van der Waals surface area contributed by atoms with Crippen LogP contribution in [0.2, 0.25) is 0 Å². The van der Waals surface area contributed by atoms with Gasteiger partial charge in [0.15, 0.2) is 5.82 Å². The molecule has 3 rings (SSSR count). The Kier molecular flexibility index (Phi) is 4.10. The van der Waals surface area contributed by atoms with Crippen molar-refractivity contribution < 1.29 is 0 Å². The molecule has 0 amide bonds. The van der Waals surface area contributed by atoms with Crippen LogP contribution in [-0.2, 0) is 0 Å². The van der Waals surface area contributed by atoms with E-state index in [4.69, 9.17) is 11.5 Å². The molecule has 0 aliphatic carbocycles. The number of nitrogens with two attached hydrogens (primary N) is 2. The number of anilines is 3. The summed E-state index contributed by atoms with van der Waals surface area (Å²) in [5, 5.41) is 4.23. The molecule has 7 heteroatoms. The van der Waals surface area contributed by atoms with E-state index in [9.17, 15) is 0 Å². The van der Waals surface area contributed by atoms with Gasteiger partial charge in [0.2, 0.25) is 11.9 Å². The minimum atomic E-state index is 0.0788. The third-order valence-electron chi connectivity index (χ3n) is 3.04. The molecule has 7 nitrogen and oxygen atoms in total. The van der Waals surface area contributed by atoms with E-state index in [-0.39, 0.29) is 11.9 Å². The molecule has 0 spiro atoms. The van der Waals surface area contributed by atoms with E-state index in [0.29, 0.717) is 5.82 Å². The molecule has 0 saturated heterocycles. The summed E-state index contributed by atoms with van der Waals surface area (Å²) in [5.74, 6) is 0.554. The highest BCUT2D eigenvalue weighted by molar-refractivity contribution is 5.81. The average Bonchev–Trinajstić information content (AvgIpc) is 2.55. The van der Waals surface area contributed by atoms with Crippen LogP contribution >= 0.6 is 0 Å². The second kappa shape index (κ2) is 6.52. The first-order chi connectivity index (χ1) is 11.2. The molecule has 0 aliphatic heterocycles. The van der Waals surface area contributed by atoms with Crippen molar-refractivity contribution in [2.45, 2.75) is 0 Å². The van der Waals surface area contributed by atoms with Crippen LogP contribution in [-0.4, -0.2) is 21.2 Å². The van der Waals surface area contributed by atoms with Gasteiger partial charge in [0.05, 0.1) is 11.9 Å². The molecule has 3 aromatic rings. The van der Waals surface area contributed by atoms with Gasteiger partial charge in [-0.15, -0.1) is 0 Å². The fourth-order valence-electron chi connectivity index (χ4n) is 2.02. The maximum absolute atomic E-state index is 5.63. The monoisotopic (exact) mass is 305 g/mol. The molecule has 114 valence electrons. The second-order valence-corrected chi connectivity index (χ2v) is 4.70. The molecule has 1 heterocycles. The largest absolute Gasteiger partial charge is 0.368 e. The van der Waals surface area contributed by atoms with Crippen molar-refractivity contribution in [1.82, 2.24) is 15.0 Å². The van der Waals surface area contributed by atoms with Crippen molar-refractivity contribution in [2.75, 3.05) is 16.9 Å². The number of para-hydroxylation sites is 1. The number of benzene rings is 2. The molecule has 0 aliphatic rings. The van der Waals surface area contributed by atoms with Crippen molar-refractivity contribution in [2.24, 2.45) is 5.10 Å². The molecule has 1 aromatic heterocycles. The Hall–Kier alpha value is -3.48. The van der Waals surface area contributed by atoms with E-state index >= 15 is 0 Å². The predicted octanol–water partition coefficient (Wildman–Crippen LogP) is 2.15. The molecule has 5 N–H and O–H groups in total. The number of rotatable bonds is 4. The molecule has 2 aromatic carbocycles. The van der Waals surface area contributed by atoms with Crippen molar-refractivity contribution in [3.8, 4) is 11.4 Å². The van der Waals surface area contributed by atoms with Crippen LogP contribution in [0.3, 0.4) is 0 Å². The lowest BCUT2D eigenvalue weighted by atomic mass is 10.1. The highest BCUT2D eigenvalue weighted by Gasteiger charge is 2.09. The van der Waals surface area contributed by atoms with Crippen molar-refractivity contribution in [1.29, 1.82) is 0 Å². The topological polar surface area (TPSA) is 115 Å². The molecule has 0 fully saturated rings. The second-order valence-electron chi connectivity index (χ2n) is 4.70. The SMILES string of the molecule is Nc1nc(N)nc(-c2ccccc2NN=Cc2ccccc2)n1. The Balaban J connectivity index is 1.87. The molecule has 0 radical (unpaired) electrons. The Morgan fingerprint density at radius 2 is 1.48 bits per heavy atom. The molecule has 0 saturated carbocycles. The first-order valence-electron chi connectivity index (χ1n) is 6.93. The number of nitrogens with zero attached hydrogens (tertiary/aromatic N) is 4. The van der Waals surface area contributed by atoms with Gasteiger partial charge in [0.1, 0.15) is 0 Å². The summed E-state index contributed by atoms with van der Waals surface area (Å²) >= 11 is 0. The van der Waals surface area contributed by atoms with E-state index in [0.717, 1.165) is 16.8 Å². The zero-order chi connectivity index (χ0) is 16.1. The zero-order valence-corrected chi connectivity index (χ0v) is 12.2. The van der Waals surface area contributed by atoms with Gasteiger partial charge in [-0.25, -0.2) is 0 Å². The van der Waals surface area contributed by atoms with Gasteiger partial charge in [-0.2, -0.15) is 20.1 Å². The molecule has 0 bridgehead atoms. The van der Waals surface area contributed by atoms with Crippen LogP contribution in [0.25, 0.3) is 11.4 Å². The lowest BCUT2D eigenvalue weighted by Gasteiger charge is -2.08. The minimum absolute atomic E-state index is 0.0788. The van der Waals surface area contributed by atoms with Crippen molar-refractivity contribution in [3.05, 3.63) is 60.2 Å². The fraction of sp³-hybridized carbons (Fsp3) is 0. The molecular weight excluding hydrogens is 290 g/mol. The van der Waals surface area contributed by atoms with Crippen LogP contribution in [0.15, 0.2) is 59.7 Å². The lowest BCUT2D eigenvalue weighted by Crippen LogP contribution is -2.05. The van der Waals surface area contributed by atoms with Gasteiger partial charge in [-0.3, -0.25) is 5.43 Å². The molecular formula is C16H15N7. The van der Waals surface area contributed by atoms with Crippen LogP contribution in [0, 0.1) is 0 Å². The summed E-state index contributed by atoms with van der Waals surface area (Å²) < 4.78 is 0. The van der Waals surface area contributed by atoms with Gasteiger partial charge in [-0.1, -0.05) is 42.5 Å². The Morgan fingerprint density at radius 3 is 2.22 bits per heavy atom. The van der Waals surface area contributed by atoms with E-state index in [1.165, 1.54) is 0 Å². The number of nitrogens with one attached hydrogen (secondary N) is 1. The number of aromatic nitrogens is 3. The Morgan fingerprint density at radius 1 is 0.826 bits per heavy atom. The number of hydrazone groups is 1. The first-order valence-corrected chi connectivity index (χ1v) is 6.93. The van der Waals surface area contributed by atoms with Gasteiger partial charge in [-0.05, 0) is 17.7 Å². The van der Waals surface area contributed by atoms with E-state index in [1.54, 1.807) is 6.21 Å². The predicted molar refractivity (Wildman–Crippen MR) is 91.7 cm³/mol. The van der Waals surface area contributed by atoms with Gasteiger partial charge >= 0.3 is 0 Å². The van der Waals surface area contributed by atoms with Gasteiger partial charge in [0, 0.05) is 5.56 Å². The third kappa shape index (κ3) is 3.59. The van der Waals surface area contributed by atoms with Crippen molar-refractivity contribution in [3.63, 3.8) is 0 Å². The van der Waals surface area contributed by atoms with Crippen LogP contribution in [0.5, 0.6) is 0 Å². The molecule has 0 unspecified atom stereocenters. The molecule has 0 atom stereocenters. The van der Waals surface area contributed by atoms with E-state index in [1.807, 2.05) is 54.6 Å². The fourth-order valence-corrected chi connectivity index (χ4v) is 2.02. The molecule has 23 heavy (non-hydrogen) atoms. The summed E-state index contributed by atoms with van der Waals surface area (Å²) in [6, 6.07) is 17.3. The summed E-state index contributed by atoms with van der Waals surface area (Å²) in [6.45, 7) is 0. The minimum Gasteiger partial charge on any atom is -0.368 e. The van der Waals surface area contributed by atoms with Gasteiger partial charge in [0.25, 0.3) is 0 Å². The quantitative estimate of drug-likeness (QED) is 0.502. The summed E-state index contributed by atoms with van der Waals surface area (Å²) in [7, 11) is 0. The van der Waals surface area contributed by atoms with E-state index in [2.05, 4.69) is 25.5 Å². The highest BCUT2D eigenvalue weighted by atomic mass is 15.3. The first kappa shape index (κ1) is 14.5. The third-order valence-corrected chi connectivity index (χ3v) is 3.04. The van der Waals surface area contributed by atoms with Crippen molar-refractivity contribution >= 4 is 23.8 Å². The van der Waals surface area contributed by atoms with E-state index < -0.39 is 0 Å². The zero-order valence-electron chi connectivity index (χ0n) is 12.2. The lowest BCUT2D eigenvalue weighted by molar-refractivity contribution is 1.09. The number of nitrogen functional groups attached to an aromatic ring is 2. The maximum atomic E-state index is 5.63. The number of hydrogen-bond acceptors (Lipinski definition) is 7. The number of hydrogen-bond donors (Lipinski definition) is 3. The van der Waals surface area contributed by atoms with Crippen LogP contribution in [0.1, 0.15) is 5.56 Å². The average molecular weight is 305 g/mol. The van der Waals surface area contributed by atoms with Crippen LogP contribution in [0.4, 0.5) is 17.6 Å². The van der Waals surface area contributed by atoms with Gasteiger partial charge < -0.3 is 11.5 Å². The normalized spacial score (nSPS) is 10.8. The van der Waals surface area contributed by atoms with Crippen LogP contribution < -0.4 is 16.9 Å². The maximum Gasteiger partial charge on any atom is 0.225 e. The Labute approximate surface area is 133 Å². The summed E-state index contributed by atoms with van der Waals surface area (Å²) in [5.41, 5.74) is 16.7. The summed E-state index contributed by atoms with van der Waals surface area (Å²) in [6.07, 6.45) is 1.73.